The van der Waals surface area contributed by atoms with Gasteiger partial charge in [0.25, 0.3) is 0 Å². The molecule has 1 aromatic carbocycles. The van der Waals surface area contributed by atoms with E-state index in [1.54, 1.807) is 0 Å². The molecule has 1 atom stereocenters. The average Bonchev–Trinajstić information content (AvgIpc) is 3.12. The third-order valence-electron chi connectivity index (χ3n) is 4.32. The Kier molecular flexibility index (Phi) is 7.40. The van der Waals surface area contributed by atoms with Crippen LogP contribution in [0.15, 0.2) is 24.3 Å². The lowest BCUT2D eigenvalue weighted by molar-refractivity contribution is -0.130. The highest BCUT2D eigenvalue weighted by Gasteiger charge is 2.22. The van der Waals surface area contributed by atoms with Crippen LogP contribution in [0.5, 0.6) is 0 Å². The van der Waals surface area contributed by atoms with Gasteiger partial charge in [-0.1, -0.05) is 12.1 Å². The maximum Gasteiger partial charge on any atom is 0.241 e. The highest BCUT2D eigenvalue weighted by Crippen LogP contribution is 2.15. The molecule has 2 heterocycles. The Hall–Kier alpha value is -1.24. The molecule has 2 N–H and O–H groups in total. The maximum absolute atomic E-state index is 12.2. The molecule has 2 fully saturated rings. The molecule has 5 nitrogen and oxygen atoms in total. The predicted octanol–water partition coefficient (Wildman–Crippen LogP) is 1.92. The SMILES string of the molecule is Cl.O=C(Nc1ccc(CC(=O)N2CCSCC2)cc1)C1CCCN1. The van der Waals surface area contributed by atoms with Gasteiger partial charge in [-0.2, -0.15) is 11.8 Å². The monoisotopic (exact) mass is 369 g/mol. The molecule has 0 bridgehead atoms. The number of carbonyl (C=O) groups is 2. The number of anilines is 1. The number of amides is 2. The standard InChI is InChI=1S/C17H23N3O2S.ClH/c21-16(20-8-10-23-11-9-20)12-13-3-5-14(6-4-13)19-17(22)15-2-1-7-18-15;/h3-6,15,18H,1-2,7-12H2,(H,19,22);1H. The molecule has 1 unspecified atom stereocenters. The number of hydrogen-bond acceptors (Lipinski definition) is 4. The summed E-state index contributed by atoms with van der Waals surface area (Å²) in [5.74, 6) is 2.28. The zero-order valence-electron chi connectivity index (χ0n) is 13.6. The fraction of sp³-hybridized carbons (Fsp3) is 0.529. The molecule has 7 heteroatoms. The summed E-state index contributed by atoms with van der Waals surface area (Å²) < 4.78 is 0. The first-order valence-corrected chi connectivity index (χ1v) is 9.36. The van der Waals surface area contributed by atoms with Crippen LogP contribution in [0.1, 0.15) is 18.4 Å². The van der Waals surface area contributed by atoms with Gasteiger partial charge in [0.15, 0.2) is 0 Å². The van der Waals surface area contributed by atoms with Crippen molar-refractivity contribution >= 4 is 41.7 Å². The Bertz CT molecular complexity index is 555. The Labute approximate surface area is 153 Å². The van der Waals surface area contributed by atoms with Crippen molar-refractivity contribution in [3.05, 3.63) is 29.8 Å². The van der Waals surface area contributed by atoms with E-state index in [1.807, 2.05) is 40.9 Å². The van der Waals surface area contributed by atoms with Crippen molar-refractivity contribution in [1.29, 1.82) is 0 Å². The minimum atomic E-state index is -0.0757. The van der Waals surface area contributed by atoms with Crippen LogP contribution in [0, 0.1) is 0 Å². The van der Waals surface area contributed by atoms with E-state index < -0.39 is 0 Å². The zero-order valence-corrected chi connectivity index (χ0v) is 15.3. The number of halogens is 1. The fourth-order valence-electron chi connectivity index (χ4n) is 2.94. The summed E-state index contributed by atoms with van der Waals surface area (Å²) in [5, 5.41) is 6.11. The van der Waals surface area contributed by atoms with E-state index in [2.05, 4.69) is 10.6 Å². The molecule has 24 heavy (non-hydrogen) atoms. The van der Waals surface area contributed by atoms with E-state index in [-0.39, 0.29) is 30.3 Å². The Morgan fingerprint density at radius 3 is 2.54 bits per heavy atom. The van der Waals surface area contributed by atoms with Crippen LogP contribution in [0.4, 0.5) is 5.69 Å². The molecule has 2 aliphatic heterocycles. The lowest BCUT2D eigenvalue weighted by Crippen LogP contribution is -2.38. The topological polar surface area (TPSA) is 61.4 Å². The molecule has 2 aliphatic rings. The third kappa shape index (κ3) is 5.13. The quantitative estimate of drug-likeness (QED) is 0.851. The molecule has 132 valence electrons. The van der Waals surface area contributed by atoms with Gasteiger partial charge >= 0.3 is 0 Å². The molecule has 2 amide bonds. The van der Waals surface area contributed by atoms with Crippen LogP contribution in [-0.2, 0) is 16.0 Å². The Balaban J connectivity index is 0.00000208. The van der Waals surface area contributed by atoms with Crippen LogP contribution in [0.2, 0.25) is 0 Å². The molecule has 0 radical (unpaired) electrons. The minimum absolute atomic E-state index is 0. The smallest absolute Gasteiger partial charge is 0.241 e. The molecule has 2 saturated heterocycles. The van der Waals surface area contributed by atoms with Gasteiger partial charge in [0.05, 0.1) is 12.5 Å². The van der Waals surface area contributed by atoms with Gasteiger partial charge in [0.1, 0.15) is 0 Å². The summed E-state index contributed by atoms with van der Waals surface area (Å²) in [6, 6.07) is 7.53. The normalized spacial score (nSPS) is 20.3. The molecule has 0 saturated carbocycles. The number of benzene rings is 1. The van der Waals surface area contributed by atoms with Gasteiger partial charge in [-0.3, -0.25) is 9.59 Å². The first kappa shape index (κ1) is 19.1. The van der Waals surface area contributed by atoms with Gasteiger partial charge < -0.3 is 15.5 Å². The Morgan fingerprint density at radius 1 is 1.21 bits per heavy atom. The largest absolute Gasteiger partial charge is 0.341 e. The van der Waals surface area contributed by atoms with Crippen LogP contribution in [-0.4, -0.2) is 53.9 Å². The first-order valence-electron chi connectivity index (χ1n) is 8.21. The number of nitrogens with one attached hydrogen (secondary N) is 2. The van der Waals surface area contributed by atoms with Crippen molar-refractivity contribution < 1.29 is 9.59 Å². The predicted molar refractivity (Wildman–Crippen MR) is 101 cm³/mol. The first-order chi connectivity index (χ1) is 11.2. The van der Waals surface area contributed by atoms with Crippen molar-refractivity contribution in [2.24, 2.45) is 0 Å². The van der Waals surface area contributed by atoms with Crippen LogP contribution in [0.3, 0.4) is 0 Å². The lowest BCUT2D eigenvalue weighted by atomic mass is 10.1. The Morgan fingerprint density at radius 2 is 1.92 bits per heavy atom. The van der Waals surface area contributed by atoms with E-state index in [0.29, 0.717) is 6.42 Å². The van der Waals surface area contributed by atoms with E-state index in [4.69, 9.17) is 0 Å². The van der Waals surface area contributed by atoms with E-state index in [1.165, 1.54) is 0 Å². The van der Waals surface area contributed by atoms with Crippen molar-refractivity contribution in [3.8, 4) is 0 Å². The third-order valence-corrected chi connectivity index (χ3v) is 5.26. The highest BCUT2D eigenvalue weighted by molar-refractivity contribution is 7.99. The van der Waals surface area contributed by atoms with Gasteiger partial charge in [-0.15, -0.1) is 12.4 Å². The summed E-state index contributed by atoms with van der Waals surface area (Å²) in [5.41, 5.74) is 1.78. The number of thioether (sulfide) groups is 1. The van der Waals surface area contributed by atoms with Crippen molar-refractivity contribution in [1.82, 2.24) is 10.2 Å². The van der Waals surface area contributed by atoms with Crippen molar-refractivity contribution in [2.45, 2.75) is 25.3 Å². The molecule has 0 aromatic heterocycles. The molecule has 0 spiro atoms. The van der Waals surface area contributed by atoms with Gasteiger partial charge in [-0.25, -0.2) is 0 Å². The molecule has 0 aliphatic carbocycles. The van der Waals surface area contributed by atoms with E-state index in [0.717, 1.165) is 55.2 Å². The molecular weight excluding hydrogens is 346 g/mol. The molecular formula is C17H24ClN3O2S. The summed E-state index contributed by atoms with van der Waals surface area (Å²) in [6.07, 6.45) is 2.38. The highest BCUT2D eigenvalue weighted by atomic mass is 35.5. The summed E-state index contributed by atoms with van der Waals surface area (Å²) >= 11 is 1.90. The summed E-state index contributed by atoms with van der Waals surface area (Å²) in [6.45, 7) is 2.62. The van der Waals surface area contributed by atoms with Gasteiger partial charge in [-0.05, 0) is 37.1 Å². The molecule has 1 aromatic rings. The number of hydrogen-bond donors (Lipinski definition) is 2. The fourth-order valence-corrected chi connectivity index (χ4v) is 3.85. The number of nitrogens with zero attached hydrogens (tertiary/aromatic N) is 1. The van der Waals surface area contributed by atoms with Crippen molar-refractivity contribution in [3.63, 3.8) is 0 Å². The van der Waals surface area contributed by atoms with Gasteiger partial charge in [0.2, 0.25) is 11.8 Å². The number of carbonyl (C=O) groups excluding carboxylic acids is 2. The summed E-state index contributed by atoms with van der Waals surface area (Å²) in [4.78, 5) is 26.2. The van der Waals surface area contributed by atoms with Gasteiger partial charge in [0, 0.05) is 30.3 Å². The molecule has 3 rings (SSSR count). The van der Waals surface area contributed by atoms with Crippen molar-refractivity contribution in [2.75, 3.05) is 36.5 Å². The average molecular weight is 370 g/mol. The second kappa shape index (κ2) is 9.30. The van der Waals surface area contributed by atoms with Crippen LogP contribution >= 0.6 is 24.2 Å². The zero-order chi connectivity index (χ0) is 16.1. The lowest BCUT2D eigenvalue weighted by Gasteiger charge is -2.26. The van der Waals surface area contributed by atoms with E-state index >= 15 is 0 Å². The maximum atomic E-state index is 12.2. The van der Waals surface area contributed by atoms with E-state index in [9.17, 15) is 9.59 Å². The second-order valence-electron chi connectivity index (χ2n) is 6.01. The van der Waals surface area contributed by atoms with Crippen LogP contribution in [0.25, 0.3) is 0 Å². The summed E-state index contributed by atoms with van der Waals surface area (Å²) in [7, 11) is 0. The number of rotatable bonds is 4. The van der Waals surface area contributed by atoms with Crippen LogP contribution < -0.4 is 10.6 Å². The minimum Gasteiger partial charge on any atom is -0.341 e. The second-order valence-corrected chi connectivity index (χ2v) is 7.23.